The van der Waals surface area contributed by atoms with Crippen LogP contribution in [0.1, 0.15) is 52.4 Å². The van der Waals surface area contributed by atoms with E-state index in [9.17, 15) is 9.59 Å². The lowest BCUT2D eigenvalue weighted by Crippen LogP contribution is -2.37. The first-order valence-corrected chi connectivity index (χ1v) is 10.6. The van der Waals surface area contributed by atoms with Crippen molar-refractivity contribution in [2.24, 2.45) is 11.8 Å². The molecule has 1 heterocycles. The fourth-order valence-electron chi connectivity index (χ4n) is 4.39. The zero-order valence-electron chi connectivity index (χ0n) is 16.7. The van der Waals surface area contributed by atoms with Crippen LogP contribution in [0.4, 0.5) is 11.4 Å². The summed E-state index contributed by atoms with van der Waals surface area (Å²) in [6.07, 6.45) is 5.58. The van der Waals surface area contributed by atoms with Crippen molar-refractivity contribution in [2.45, 2.75) is 52.4 Å². The minimum atomic E-state index is 0.0232. The average Bonchev–Trinajstić information content (AvgIpc) is 3.24. The van der Waals surface area contributed by atoms with Crippen LogP contribution in [0.2, 0.25) is 0 Å². The number of hydrogen-bond donors (Lipinski definition) is 1. The van der Waals surface area contributed by atoms with E-state index in [4.69, 9.17) is 0 Å². The zero-order chi connectivity index (χ0) is 19.2. The van der Waals surface area contributed by atoms with Gasteiger partial charge in [-0.1, -0.05) is 0 Å². The van der Waals surface area contributed by atoms with Crippen LogP contribution in [0, 0.1) is 11.8 Å². The van der Waals surface area contributed by atoms with Crippen LogP contribution in [0.5, 0.6) is 0 Å². The minimum Gasteiger partial charge on any atom is -0.372 e. The highest BCUT2D eigenvalue weighted by Gasteiger charge is 2.32. The maximum Gasteiger partial charge on any atom is 0.227 e. The molecule has 0 aromatic heterocycles. The maximum atomic E-state index is 12.6. The number of carbonyl (C=O) groups is 2. The number of anilines is 2. The first-order valence-electron chi connectivity index (χ1n) is 10.6. The van der Waals surface area contributed by atoms with Gasteiger partial charge in [-0.05, 0) is 76.6 Å². The Hall–Kier alpha value is -2.04. The number of likely N-dealkylation sites (tertiary alicyclic amines) is 1. The minimum absolute atomic E-state index is 0.0232. The molecule has 0 atom stereocenters. The molecule has 27 heavy (non-hydrogen) atoms. The highest BCUT2D eigenvalue weighted by molar-refractivity contribution is 5.93. The molecule has 2 fully saturated rings. The summed E-state index contributed by atoms with van der Waals surface area (Å²) < 4.78 is 0. The molecule has 148 valence electrons. The van der Waals surface area contributed by atoms with Gasteiger partial charge in [0.1, 0.15) is 0 Å². The van der Waals surface area contributed by atoms with E-state index in [1.54, 1.807) is 0 Å². The molecule has 1 aromatic carbocycles. The van der Waals surface area contributed by atoms with E-state index in [1.807, 2.05) is 17.0 Å². The quantitative estimate of drug-likeness (QED) is 0.825. The van der Waals surface area contributed by atoms with Gasteiger partial charge in [-0.15, -0.1) is 0 Å². The van der Waals surface area contributed by atoms with Crippen LogP contribution in [0.25, 0.3) is 0 Å². The molecule has 1 N–H and O–H groups in total. The predicted octanol–water partition coefficient (Wildman–Crippen LogP) is 3.90. The summed E-state index contributed by atoms with van der Waals surface area (Å²) in [5.74, 6) is 0.562. The van der Waals surface area contributed by atoms with Crippen LogP contribution >= 0.6 is 0 Å². The molecule has 1 aliphatic heterocycles. The normalized spacial score (nSPS) is 22.5. The molecule has 1 aromatic rings. The lowest BCUT2D eigenvalue weighted by molar-refractivity contribution is -0.136. The van der Waals surface area contributed by atoms with E-state index in [0.717, 1.165) is 70.4 Å². The molecule has 5 nitrogen and oxygen atoms in total. The second kappa shape index (κ2) is 9.25. The molecule has 1 aliphatic carbocycles. The van der Waals surface area contributed by atoms with Gasteiger partial charge in [0.2, 0.25) is 11.8 Å². The summed E-state index contributed by atoms with van der Waals surface area (Å²) in [6.45, 7) is 8.07. The van der Waals surface area contributed by atoms with Crippen molar-refractivity contribution in [1.82, 2.24) is 4.90 Å². The summed E-state index contributed by atoms with van der Waals surface area (Å²) in [5, 5.41) is 3.06. The summed E-state index contributed by atoms with van der Waals surface area (Å²) >= 11 is 0. The van der Waals surface area contributed by atoms with Crippen molar-refractivity contribution in [3.05, 3.63) is 24.3 Å². The summed E-state index contributed by atoms with van der Waals surface area (Å²) in [6, 6.07) is 8.09. The first kappa shape index (κ1) is 19.7. The number of carbonyl (C=O) groups excluding carboxylic acids is 2. The Morgan fingerprint density at radius 3 is 2.07 bits per heavy atom. The molecule has 1 saturated heterocycles. The fraction of sp³-hybridized carbons (Fsp3) is 0.636. The molecule has 0 radical (unpaired) electrons. The highest BCUT2D eigenvalue weighted by atomic mass is 16.2. The summed E-state index contributed by atoms with van der Waals surface area (Å²) in [4.78, 5) is 29.4. The van der Waals surface area contributed by atoms with Crippen LogP contribution in [-0.4, -0.2) is 42.9 Å². The van der Waals surface area contributed by atoms with Gasteiger partial charge in [0.15, 0.2) is 0 Å². The Morgan fingerprint density at radius 2 is 1.52 bits per heavy atom. The van der Waals surface area contributed by atoms with Crippen molar-refractivity contribution < 1.29 is 9.59 Å². The van der Waals surface area contributed by atoms with E-state index >= 15 is 0 Å². The van der Waals surface area contributed by atoms with Gasteiger partial charge < -0.3 is 15.1 Å². The second-order valence-electron chi connectivity index (χ2n) is 7.79. The molecule has 2 amide bonds. The van der Waals surface area contributed by atoms with E-state index in [-0.39, 0.29) is 17.7 Å². The summed E-state index contributed by atoms with van der Waals surface area (Å²) in [7, 11) is 0. The van der Waals surface area contributed by atoms with Gasteiger partial charge in [-0.25, -0.2) is 0 Å². The lowest BCUT2D eigenvalue weighted by Gasteiger charge is -2.29. The first-order chi connectivity index (χ1) is 13.1. The van der Waals surface area contributed by atoms with E-state index in [1.165, 1.54) is 5.69 Å². The van der Waals surface area contributed by atoms with Crippen LogP contribution < -0.4 is 10.2 Å². The lowest BCUT2D eigenvalue weighted by atomic mass is 9.81. The number of nitrogens with zero attached hydrogens (tertiary/aromatic N) is 2. The third-order valence-corrected chi connectivity index (χ3v) is 6.13. The Bertz CT molecular complexity index is 625. The fourth-order valence-corrected chi connectivity index (χ4v) is 4.39. The molecule has 2 aliphatic rings. The predicted molar refractivity (Wildman–Crippen MR) is 110 cm³/mol. The van der Waals surface area contributed by atoms with Crippen molar-refractivity contribution >= 4 is 23.2 Å². The number of benzene rings is 1. The number of rotatable bonds is 6. The van der Waals surface area contributed by atoms with E-state index in [0.29, 0.717) is 5.91 Å². The van der Waals surface area contributed by atoms with Crippen LogP contribution in [0.3, 0.4) is 0 Å². The Kier molecular flexibility index (Phi) is 6.75. The van der Waals surface area contributed by atoms with Crippen LogP contribution in [-0.2, 0) is 9.59 Å². The Morgan fingerprint density at radius 1 is 0.963 bits per heavy atom. The van der Waals surface area contributed by atoms with Crippen molar-refractivity contribution in [2.75, 3.05) is 36.4 Å². The van der Waals surface area contributed by atoms with Crippen LogP contribution in [0.15, 0.2) is 24.3 Å². The van der Waals surface area contributed by atoms with Gasteiger partial charge in [-0.3, -0.25) is 9.59 Å². The number of hydrogen-bond acceptors (Lipinski definition) is 3. The smallest absolute Gasteiger partial charge is 0.227 e. The second-order valence-corrected chi connectivity index (χ2v) is 7.79. The largest absolute Gasteiger partial charge is 0.372 e. The van der Waals surface area contributed by atoms with Gasteiger partial charge in [0.25, 0.3) is 0 Å². The van der Waals surface area contributed by atoms with Gasteiger partial charge in [0, 0.05) is 49.4 Å². The average molecular weight is 372 g/mol. The van der Waals surface area contributed by atoms with E-state index < -0.39 is 0 Å². The molecule has 1 saturated carbocycles. The number of nitrogens with one attached hydrogen (secondary N) is 1. The van der Waals surface area contributed by atoms with Gasteiger partial charge >= 0.3 is 0 Å². The van der Waals surface area contributed by atoms with Crippen molar-refractivity contribution in [3.63, 3.8) is 0 Å². The van der Waals surface area contributed by atoms with Crippen molar-refractivity contribution in [3.8, 4) is 0 Å². The summed E-state index contributed by atoms with van der Waals surface area (Å²) in [5.41, 5.74) is 2.03. The molecule has 0 unspecified atom stereocenters. The van der Waals surface area contributed by atoms with Gasteiger partial charge in [-0.2, -0.15) is 0 Å². The molecule has 3 rings (SSSR count). The molecular weight excluding hydrogens is 338 g/mol. The SMILES string of the molecule is CCN(CC)c1ccc(NC(=O)C2CCC(C(=O)N3CCCC3)CC2)cc1. The third kappa shape index (κ3) is 4.82. The Balaban J connectivity index is 1.48. The number of amides is 2. The Labute approximate surface area is 163 Å². The van der Waals surface area contributed by atoms with E-state index in [2.05, 4.69) is 36.2 Å². The standard InChI is InChI=1S/C22H33N3O2/c1-3-24(4-2)20-13-11-19(12-14-20)23-21(26)17-7-9-18(10-8-17)22(27)25-15-5-6-16-25/h11-14,17-18H,3-10,15-16H2,1-2H3,(H,23,26). The molecule has 0 spiro atoms. The topological polar surface area (TPSA) is 52.7 Å². The maximum absolute atomic E-state index is 12.6. The van der Waals surface area contributed by atoms with Gasteiger partial charge in [0.05, 0.1) is 0 Å². The highest BCUT2D eigenvalue weighted by Crippen LogP contribution is 2.32. The van der Waals surface area contributed by atoms with Crippen molar-refractivity contribution in [1.29, 1.82) is 0 Å². The molecular formula is C22H33N3O2. The molecule has 5 heteroatoms. The zero-order valence-corrected chi connectivity index (χ0v) is 16.7. The monoisotopic (exact) mass is 371 g/mol. The molecule has 0 bridgehead atoms. The third-order valence-electron chi connectivity index (χ3n) is 6.13.